The van der Waals surface area contributed by atoms with E-state index in [1.807, 2.05) is 64.2 Å². The Kier molecular flexibility index (Phi) is 6.23. The van der Waals surface area contributed by atoms with Gasteiger partial charge in [0.15, 0.2) is 5.11 Å². The molecule has 0 bridgehead atoms. The number of thiocarbonyl (C=S) groups is 1. The number of carbonyl (C=O) groups excluding carboxylic acids is 2. The van der Waals surface area contributed by atoms with Crippen molar-refractivity contribution in [2.24, 2.45) is 0 Å². The third-order valence-corrected chi connectivity index (χ3v) is 4.84. The number of likely N-dealkylation sites (N-methyl/N-ethyl adjacent to an activating group) is 2. The Hall–Kier alpha value is -2.15. The first-order valence-corrected chi connectivity index (χ1v) is 9.30. The quantitative estimate of drug-likeness (QED) is 0.426. The van der Waals surface area contributed by atoms with Crippen molar-refractivity contribution in [3.63, 3.8) is 0 Å². The van der Waals surface area contributed by atoms with Crippen LogP contribution in [0.1, 0.15) is 26.7 Å². The number of nitrogens with zero attached hydrogens (tertiary/aromatic N) is 4. The lowest BCUT2D eigenvalue weighted by atomic mass is 9.96. The molecule has 0 unspecified atom stereocenters. The van der Waals surface area contributed by atoms with E-state index in [4.69, 9.17) is 12.2 Å². The van der Waals surface area contributed by atoms with Gasteiger partial charge in [0.25, 0.3) is 11.8 Å². The minimum Gasteiger partial charge on any atom is -0.383 e. The van der Waals surface area contributed by atoms with Gasteiger partial charge in [-0.15, -0.1) is 0 Å². The van der Waals surface area contributed by atoms with Gasteiger partial charge in [-0.2, -0.15) is 0 Å². The van der Waals surface area contributed by atoms with Gasteiger partial charge in [0.1, 0.15) is 5.57 Å². The molecule has 6 nitrogen and oxygen atoms in total. The summed E-state index contributed by atoms with van der Waals surface area (Å²) in [5.74, 6) is -0.586. The molecule has 7 heteroatoms. The van der Waals surface area contributed by atoms with Gasteiger partial charge in [0, 0.05) is 59.3 Å². The van der Waals surface area contributed by atoms with Gasteiger partial charge in [0.2, 0.25) is 0 Å². The van der Waals surface area contributed by atoms with Crippen molar-refractivity contribution in [3.05, 3.63) is 34.7 Å². The number of allylic oxidation sites excluding steroid dienone is 3. The Labute approximate surface area is 161 Å². The predicted molar refractivity (Wildman–Crippen MR) is 107 cm³/mol. The molecular weight excluding hydrogens is 348 g/mol. The normalized spacial score (nSPS) is 21.5. The maximum Gasteiger partial charge on any atom is 0.266 e. The average Bonchev–Trinajstić information content (AvgIpc) is 2.89. The van der Waals surface area contributed by atoms with E-state index in [1.54, 1.807) is 0 Å². The van der Waals surface area contributed by atoms with Gasteiger partial charge >= 0.3 is 0 Å². The molecule has 0 aromatic heterocycles. The molecule has 0 aromatic rings. The third-order valence-electron chi connectivity index (χ3n) is 4.40. The van der Waals surface area contributed by atoms with E-state index in [1.165, 1.54) is 9.80 Å². The fraction of sp³-hybridized carbons (Fsp3) is 0.526. The molecule has 2 rings (SSSR count). The second-order valence-electron chi connectivity index (χ2n) is 6.87. The fourth-order valence-electron chi connectivity index (χ4n) is 3.38. The van der Waals surface area contributed by atoms with Gasteiger partial charge in [-0.05, 0) is 50.1 Å². The Balaban J connectivity index is 2.74. The molecule has 0 spiro atoms. The lowest BCUT2D eigenvalue weighted by Crippen LogP contribution is -2.56. The summed E-state index contributed by atoms with van der Waals surface area (Å²) in [6.45, 7) is 4.63. The summed E-state index contributed by atoms with van der Waals surface area (Å²) in [5.41, 5.74) is 3.03. The highest BCUT2D eigenvalue weighted by molar-refractivity contribution is 7.80. The zero-order valence-electron chi connectivity index (χ0n) is 16.5. The number of amides is 2. The Bertz CT molecular complexity index is 663. The van der Waals surface area contributed by atoms with Gasteiger partial charge in [-0.1, -0.05) is 0 Å². The lowest BCUT2D eigenvalue weighted by Gasteiger charge is -2.36. The third kappa shape index (κ3) is 3.67. The molecule has 0 radical (unpaired) electrons. The zero-order chi connectivity index (χ0) is 19.6. The molecule has 1 saturated heterocycles. The van der Waals surface area contributed by atoms with E-state index in [2.05, 4.69) is 0 Å². The van der Waals surface area contributed by atoms with Crippen LogP contribution in [-0.2, 0) is 9.59 Å². The smallest absolute Gasteiger partial charge is 0.266 e. The van der Waals surface area contributed by atoms with Crippen molar-refractivity contribution < 1.29 is 9.59 Å². The summed E-state index contributed by atoms with van der Waals surface area (Å²) in [5, 5.41) is 0.295. The number of rotatable bonds is 4. The van der Waals surface area contributed by atoms with Crippen molar-refractivity contribution in [1.82, 2.24) is 19.6 Å². The van der Waals surface area contributed by atoms with Gasteiger partial charge in [-0.3, -0.25) is 19.4 Å². The van der Waals surface area contributed by atoms with E-state index in [0.717, 1.165) is 29.6 Å². The van der Waals surface area contributed by atoms with Gasteiger partial charge in [-0.25, -0.2) is 0 Å². The minimum atomic E-state index is -0.293. The molecular formula is C19H28N4O2S. The average molecular weight is 377 g/mol. The van der Waals surface area contributed by atoms with Crippen LogP contribution in [0, 0.1) is 0 Å². The zero-order valence-corrected chi connectivity index (χ0v) is 17.3. The van der Waals surface area contributed by atoms with Crippen molar-refractivity contribution in [3.8, 4) is 0 Å². The van der Waals surface area contributed by atoms with Crippen LogP contribution in [-0.4, -0.2) is 77.8 Å². The van der Waals surface area contributed by atoms with Crippen molar-refractivity contribution in [2.75, 3.05) is 41.3 Å². The van der Waals surface area contributed by atoms with Crippen molar-refractivity contribution in [2.45, 2.75) is 26.7 Å². The van der Waals surface area contributed by atoms with Crippen LogP contribution in [0.5, 0.6) is 0 Å². The van der Waals surface area contributed by atoms with E-state index in [-0.39, 0.29) is 17.4 Å². The molecule has 0 aromatic carbocycles. The Morgan fingerprint density at radius 1 is 0.846 bits per heavy atom. The van der Waals surface area contributed by atoms with Crippen molar-refractivity contribution >= 4 is 29.1 Å². The first-order valence-electron chi connectivity index (χ1n) is 8.89. The van der Waals surface area contributed by atoms with E-state index in [9.17, 15) is 9.59 Å². The first-order chi connectivity index (χ1) is 12.2. The largest absolute Gasteiger partial charge is 0.383 e. The maximum absolute atomic E-state index is 13.1. The minimum absolute atomic E-state index is 0.237. The molecule has 1 saturated carbocycles. The SMILES string of the molecule is CCN1C(=O)C(=C2/C(=C/N(C)C)CC/C2=C\N(C)C)C(=O)N(CC)C1=S. The number of carbonyl (C=O) groups is 2. The molecule has 2 amide bonds. The molecule has 1 aliphatic heterocycles. The Morgan fingerprint density at radius 2 is 1.23 bits per heavy atom. The van der Waals surface area contributed by atoms with E-state index in [0.29, 0.717) is 18.2 Å². The first kappa shape index (κ1) is 20.2. The topological polar surface area (TPSA) is 47.1 Å². The summed E-state index contributed by atoms with van der Waals surface area (Å²) < 4.78 is 0. The molecule has 0 N–H and O–H groups in total. The summed E-state index contributed by atoms with van der Waals surface area (Å²) >= 11 is 5.37. The van der Waals surface area contributed by atoms with Crippen LogP contribution in [0.15, 0.2) is 34.7 Å². The molecule has 0 atom stereocenters. The molecule has 1 aliphatic carbocycles. The highest BCUT2D eigenvalue weighted by atomic mass is 32.1. The summed E-state index contributed by atoms with van der Waals surface area (Å²) in [4.78, 5) is 33.2. The standard InChI is InChI=1S/C19H28N4O2S/c1-7-22-17(24)16(18(25)23(8-2)19(22)26)15-13(11-20(3)4)9-10-14(15)12-21(5)6/h11-12H,7-10H2,1-6H3/b13-11+,14-12+. The highest BCUT2D eigenvalue weighted by Gasteiger charge is 2.42. The van der Waals surface area contributed by atoms with Crippen LogP contribution >= 0.6 is 12.2 Å². The van der Waals surface area contributed by atoms with E-state index < -0.39 is 0 Å². The van der Waals surface area contributed by atoms with E-state index >= 15 is 0 Å². The monoisotopic (exact) mass is 376 g/mol. The second-order valence-corrected chi connectivity index (χ2v) is 7.23. The molecule has 2 aliphatic rings. The number of hydrogen-bond donors (Lipinski definition) is 0. The summed E-state index contributed by atoms with van der Waals surface area (Å²) in [7, 11) is 7.77. The van der Waals surface area contributed by atoms with Crippen LogP contribution in [0.3, 0.4) is 0 Å². The van der Waals surface area contributed by atoms with Crippen LogP contribution in [0.2, 0.25) is 0 Å². The van der Waals surface area contributed by atoms with Crippen molar-refractivity contribution in [1.29, 1.82) is 0 Å². The van der Waals surface area contributed by atoms with Crippen LogP contribution in [0.25, 0.3) is 0 Å². The predicted octanol–water partition coefficient (Wildman–Crippen LogP) is 1.96. The number of hydrogen-bond acceptors (Lipinski definition) is 5. The molecule has 26 heavy (non-hydrogen) atoms. The lowest BCUT2D eigenvalue weighted by molar-refractivity contribution is -0.133. The van der Waals surface area contributed by atoms with Crippen LogP contribution in [0.4, 0.5) is 0 Å². The molecule has 2 fully saturated rings. The molecule has 142 valence electrons. The fourth-order valence-corrected chi connectivity index (χ4v) is 3.80. The summed E-state index contributed by atoms with van der Waals surface area (Å²) in [6, 6.07) is 0. The van der Waals surface area contributed by atoms with Crippen LogP contribution < -0.4 is 0 Å². The summed E-state index contributed by atoms with van der Waals surface area (Å²) in [6.07, 6.45) is 5.61. The van der Waals surface area contributed by atoms with Gasteiger partial charge < -0.3 is 9.80 Å². The van der Waals surface area contributed by atoms with Gasteiger partial charge in [0.05, 0.1) is 0 Å². The molecule has 1 heterocycles. The highest BCUT2D eigenvalue weighted by Crippen LogP contribution is 2.40. The Morgan fingerprint density at radius 3 is 1.54 bits per heavy atom. The second kappa shape index (κ2) is 8.03. The maximum atomic E-state index is 13.1.